The molecule has 1 heterocycles. The number of nitriles is 1. The van der Waals surface area contributed by atoms with E-state index in [0.717, 1.165) is 0 Å². The van der Waals surface area contributed by atoms with Crippen LogP contribution in [-0.4, -0.2) is 53.8 Å². The van der Waals surface area contributed by atoms with Crippen LogP contribution in [0.15, 0.2) is 43.5 Å². The molecule has 1 amide bonds. The first-order valence-corrected chi connectivity index (χ1v) is 10.1. The normalized spacial score (nSPS) is 18.0. The Bertz CT molecular complexity index is 971. The number of carbonyl (C=O) groups excluding carboxylic acids is 3. The van der Waals surface area contributed by atoms with Gasteiger partial charge in [0.2, 0.25) is 5.91 Å². The Kier molecular flexibility index (Phi) is 9.07. The highest BCUT2D eigenvalue weighted by Gasteiger charge is 2.40. The van der Waals surface area contributed by atoms with Crippen LogP contribution < -0.4 is 10.6 Å². The van der Waals surface area contributed by atoms with E-state index in [0.29, 0.717) is 0 Å². The number of aliphatic hydroxyl groups is 1. The fourth-order valence-corrected chi connectivity index (χ4v) is 3.54. The highest BCUT2D eigenvalue weighted by molar-refractivity contribution is 7.80. The Labute approximate surface area is 190 Å². The number of hydrogen-bond acceptors (Lipinski definition) is 8. The van der Waals surface area contributed by atoms with Crippen molar-refractivity contribution in [1.29, 1.82) is 5.26 Å². The van der Waals surface area contributed by atoms with E-state index < -0.39 is 40.8 Å². The van der Waals surface area contributed by atoms with Crippen molar-refractivity contribution in [3.8, 4) is 6.07 Å². The molecular formula is C22H23N3O6S. The van der Waals surface area contributed by atoms with E-state index >= 15 is 0 Å². The number of hydrogen-bond donors (Lipinski definition) is 3. The Morgan fingerprint density at radius 1 is 1.31 bits per heavy atom. The van der Waals surface area contributed by atoms with Crippen molar-refractivity contribution < 1.29 is 29.0 Å². The number of rotatable bonds is 10. The van der Waals surface area contributed by atoms with Gasteiger partial charge in [-0.1, -0.05) is 25.3 Å². The number of thiocarbonyl (C=S) groups is 1. The second-order valence-electron chi connectivity index (χ2n) is 6.94. The fourth-order valence-electron chi connectivity index (χ4n) is 3.25. The van der Waals surface area contributed by atoms with Crippen LogP contribution in [0, 0.1) is 23.2 Å². The summed E-state index contributed by atoms with van der Waals surface area (Å²) < 4.78 is 9.97. The molecule has 0 bridgehead atoms. The van der Waals surface area contributed by atoms with Crippen molar-refractivity contribution in [3.05, 3.63) is 54.6 Å². The third-order valence-electron chi connectivity index (χ3n) is 4.78. The molecule has 2 rings (SSSR count). The third kappa shape index (κ3) is 6.23. The summed E-state index contributed by atoms with van der Waals surface area (Å²) in [6.07, 6.45) is 3.01. The van der Waals surface area contributed by atoms with E-state index in [-0.39, 0.29) is 43.0 Å². The molecule has 1 aliphatic heterocycles. The molecule has 1 aromatic carbocycles. The van der Waals surface area contributed by atoms with E-state index in [4.69, 9.17) is 21.7 Å². The molecule has 0 spiro atoms. The van der Waals surface area contributed by atoms with E-state index in [1.165, 1.54) is 30.4 Å². The molecule has 1 saturated heterocycles. The van der Waals surface area contributed by atoms with Gasteiger partial charge >= 0.3 is 11.9 Å². The zero-order chi connectivity index (χ0) is 23.7. The minimum absolute atomic E-state index is 0.0233. The van der Waals surface area contributed by atoms with Crippen LogP contribution in [0.4, 0.5) is 5.69 Å². The maximum absolute atomic E-state index is 12.8. The van der Waals surface area contributed by atoms with Crippen LogP contribution in [0.3, 0.4) is 0 Å². The number of benzene rings is 1. The molecule has 1 fully saturated rings. The average Bonchev–Trinajstić information content (AvgIpc) is 3.25. The Hall–Kier alpha value is -3.55. The van der Waals surface area contributed by atoms with Gasteiger partial charge in [0.25, 0.3) is 0 Å². The molecule has 0 aromatic heterocycles. The standard InChI is InChI=1S/C22H23N3O6S/c1-3-7-30-20(27)13-5-6-14(11-23)16(9-13)25-19(26)17-10-15(12-24-17)18(22(29)32)21(28)31-8-4-2/h3-6,9,15,17-18,24H,1-2,7-8,10,12H2,(H,25,26)(H,29,32). The molecule has 0 saturated carbocycles. The third-order valence-corrected chi connectivity index (χ3v) is 5.04. The molecule has 1 aromatic rings. The van der Waals surface area contributed by atoms with E-state index in [9.17, 15) is 24.8 Å². The number of amides is 1. The van der Waals surface area contributed by atoms with Crippen molar-refractivity contribution in [2.24, 2.45) is 11.8 Å². The number of aliphatic hydroxyl groups excluding tert-OH is 1. The van der Waals surface area contributed by atoms with Crippen molar-refractivity contribution in [1.82, 2.24) is 5.32 Å². The Morgan fingerprint density at radius 2 is 2.00 bits per heavy atom. The molecule has 32 heavy (non-hydrogen) atoms. The zero-order valence-electron chi connectivity index (χ0n) is 17.2. The van der Waals surface area contributed by atoms with Crippen LogP contribution in [0.2, 0.25) is 0 Å². The van der Waals surface area contributed by atoms with Gasteiger partial charge in [0.05, 0.1) is 22.9 Å². The molecule has 0 aliphatic carbocycles. The summed E-state index contributed by atoms with van der Waals surface area (Å²) in [5.41, 5.74) is 0.472. The Morgan fingerprint density at radius 3 is 2.62 bits per heavy atom. The van der Waals surface area contributed by atoms with Gasteiger partial charge in [-0.3, -0.25) is 9.59 Å². The lowest BCUT2D eigenvalue weighted by Crippen LogP contribution is -2.35. The summed E-state index contributed by atoms with van der Waals surface area (Å²) in [4.78, 5) is 37.1. The van der Waals surface area contributed by atoms with Crippen LogP contribution >= 0.6 is 12.2 Å². The van der Waals surface area contributed by atoms with Crippen molar-refractivity contribution in [3.63, 3.8) is 0 Å². The molecule has 1 aliphatic rings. The molecule has 0 radical (unpaired) electrons. The lowest BCUT2D eigenvalue weighted by Gasteiger charge is -2.19. The van der Waals surface area contributed by atoms with Gasteiger partial charge in [-0.15, -0.1) is 0 Å². The van der Waals surface area contributed by atoms with Gasteiger partial charge in [-0.25, -0.2) is 4.79 Å². The van der Waals surface area contributed by atoms with E-state index in [2.05, 4.69) is 23.8 Å². The molecule has 3 N–H and O–H groups in total. The summed E-state index contributed by atoms with van der Waals surface area (Å²) in [6, 6.07) is 5.42. The smallest absolute Gasteiger partial charge is 0.338 e. The largest absolute Gasteiger partial charge is 0.501 e. The SMILES string of the molecule is C=CCOC(=O)c1ccc(C#N)c(NC(=O)C2CC(C(C(=O)OCC=C)C(O)=S)CN2)c1. The number of esters is 2. The summed E-state index contributed by atoms with van der Waals surface area (Å²) in [5, 5.41) is 24.2. The van der Waals surface area contributed by atoms with Crippen LogP contribution in [0.5, 0.6) is 0 Å². The fraction of sp³-hybridized carbons (Fsp3) is 0.318. The molecule has 3 atom stereocenters. The van der Waals surface area contributed by atoms with Gasteiger partial charge in [0.15, 0.2) is 5.05 Å². The van der Waals surface area contributed by atoms with Gasteiger partial charge in [0.1, 0.15) is 25.2 Å². The summed E-state index contributed by atoms with van der Waals surface area (Å²) >= 11 is 4.81. The van der Waals surface area contributed by atoms with Crippen LogP contribution in [0.25, 0.3) is 0 Å². The van der Waals surface area contributed by atoms with Gasteiger partial charge in [-0.05, 0) is 42.8 Å². The minimum atomic E-state index is -1.06. The first-order valence-electron chi connectivity index (χ1n) is 9.69. The predicted molar refractivity (Wildman–Crippen MR) is 120 cm³/mol. The zero-order valence-corrected chi connectivity index (χ0v) is 18.0. The second kappa shape index (κ2) is 11.7. The van der Waals surface area contributed by atoms with Gasteiger partial charge in [-0.2, -0.15) is 5.26 Å². The van der Waals surface area contributed by atoms with Gasteiger partial charge < -0.3 is 25.2 Å². The Balaban J connectivity index is 2.11. The highest BCUT2D eigenvalue weighted by Crippen LogP contribution is 2.26. The number of anilines is 1. The first-order chi connectivity index (χ1) is 15.3. The summed E-state index contributed by atoms with van der Waals surface area (Å²) in [6.45, 7) is 7.17. The predicted octanol–water partition coefficient (Wildman–Crippen LogP) is 2.05. The molecule has 9 nitrogen and oxygen atoms in total. The van der Waals surface area contributed by atoms with Crippen molar-refractivity contribution in [2.45, 2.75) is 12.5 Å². The summed E-state index contributed by atoms with van der Waals surface area (Å²) in [7, 11) is 0. The van der Waals surface area contributed by atoms with Crippen molar-refractivity contribution >= 4 is 40.8 Å². The summed E-state index contributed by atoms with van der Waals surface area (Å²) in [5.74, 6) is -3.31. The lowest BCUT2D eigenvalue weighted by molar-refractivity contribution is -0.146. The first kappa shape index (κ1) is 24.7. The maximum Gasteiger partial charge on any atom is 0.338 e. The molecule has 3 unspecified atom stereocenters. The lowest BCUT2D eigenvalue weighted by atomic mass is 9.90. The van der Waals surface area contributed by atoms with E-state index in [1.54, 1.807) is 0 Å². The molecule has 10 heteroatoms. The number of nitrogens with one attached hydrogen (secondary N) is 2. The highest BCUT2D eigenvalue weighted by atomic mass is 32.1. The maximum atomic E-state index is 12.8. The molecule has 168 valence electrons. The minimum Gasteiger partial charge on any atom is -0.501 e. The van der Waals surface area contributed by atoms with Crippen molar-refractivity contribution in [2.75, 3.05) is 25.1 Å². The number of nitrogens with zero attached hydrogens (tertiary/aromatic N) is 1. The number of ether oxygens (including phenoxy) is 2. The number of carbonyl (C=O) groups is 3. The van der Waals surface area contributed by atoms with E-state index in [1.807, 2.05) is 6.07 Å². The topological polar surface area (TPSA) is 138 Å². The van der Waals surface area contributed by atoms with Crippen LogP contribution in [-0.2, 0) is 19.1 Å². The van der Waals surface area contributed by atoms with Gasteiger partial charge in [0, 0.05) is 6.54 Å². The molecular weight excluding hydrogens is 434 g/mol. The van der Waals surface area contributed by atoms with Crippen LogP contribution in [0.1, 0.15) is 22.3 Å². The monoisotopic (exact) mass is 457 g/mol. The average molecular weight is 458 g/mol. The second-order valence-corrected chi connectivity index (χ2v) is 7.36. The quantitative estimate of drug-likeness (QED) is 0.274.